The van der Waals surface area contributed by atoms with Gasteiger partial charge >= 0.3 is 0 Å². The highest BCUT2D eigenvalue weighted by atomic mass is 32.2. The van der Waals surface area contributed by atoms with Crippen molar-refractivity contribution < 1.29 is 31.1 Å². The van der Waals surface area contributed by atoms with E-state index < -0.39 is 40.5 Å². The molecule has 2 N–H and O–H groups in total. The average Bonchev–Trinajstić information content (AvgIpc) is 3.02. The first-order valence-electron chi connectivity index (χ1n) is 16.0. The number of carbonyl (C=O) groups is 1. The number of hydrogen-bond acceptors (Lipinski definition) is 7. The normalized spacial score (nSPS) is 11.9. The lowest BCUT2D eigenvalue weighted by Crippen LogP contribution is -2.33. The number of nitro groups is 1. The summed E-state index contributed by atoms with van der Waals surface area (Å²) < 4.78 is 61.2. The Hall–Kier alpha value is -3.55. The first-order chi connectivity index (χ1) is 21.9. The summed E-state index contributed by atoms with van der Waals surface area (Å²) >= 11 is 0. The van der Waals surface area contributed by atoms with Gasteiger partial charge in [-0.1, -0.05) is 96.3 Å². The van der Waals surface area contributed by atoms with Gasteiger partial charge in [0, 0.05) is 24.7 Å². The quantitative estimate of drug-likeness (QED) is 0.0527. The minimum absolute atomic E-state index is 0.0167. The number of non-ortho nitro benzene ring substituents is 1. The molecule has 0 atom stereocenters. The van der Waals surface area contributed by atoms with Crippen LogP contribution in [-0.4, -0.2) is 50.2 Å². The minimum Gasteiger partial charge on any atom is -0.339 e. The highest BCUT2D eigenvalue weighted by molar-refractivity contribution is 7.92. The summed E-state index contributed by atoms with van der Waals surface area (Å²) in [7, 11) is -9.10. The SMILES string of the molecule is CCCCCCCCN(CCCCCCCC)C(=O)c1cc([N+](=O)[O-])c2c(NS(=O)(=O)c3cccc(S(=O)(=O)O)c3)cccc2c1. The highest BCUT2D eigenvalue weighted by Crippen LogP contribution is 2.35. The predicted molar refractivity (Wildman–Crippen MR) is 180 cm³/mol. The summed E-state index contributed by atoms with van der Waals surface area (Å²) in [6.45, 7) is 5.42. The van der Waals surface area contributed by atoms with Crippen molar-refractivity contribution in [1.29, 1.82) is 0 Å². The molecule has 252 valence electrons. The van der Waals surface area contributed by atoms with Gasteiger partial charge in [0.15, 0.2) is 0 Å². The van der Waals surface area contributed by atoms with Crippen LogP contribution in [0.4, 0.5) is 11.4 Å². The third kappa shape index (κ3) is 10.5. The number of amides is 1. The molecule has 0 aromatic heterocycles. The molecule has 0 saturated heterocycles. The molecule has 0 aliphatic heterocycles. The number of rotatable bonds is 20. The molecule has 0 heterocycles. The van der Waals surface area contributed by atoms with Crippen molar-refractivity contribution in [3.8, 4) is 0 Å². The number of hydrogen-bond donors (Lipinski definition) is 2. The monoisotopic (exact) mass is 675 g/mol. The summed E-state index contributed by atoms with van der Waals surface area (Å²) in [5.41, 5.74) is -0.404. The predicted octanol–water partition coefficient (Wildman–Crippen LogP) is 7.96. The van der Waals surface area contributed by atoms with Crippen LogP contribution in [-0.2, 0) is 20.1 Å². The van der Waals surface area contributed by atoms with Gasteiger partial charge in [0.05, 0.1) is 25.8 Å². The fraction of sp³-hybridized carbons (Fsp3) is 0.485. The smallest absolute Gasteiger partial charge is 0.294 e. The molecule has 0 radical (unpaired) electrons. The molecule has 3 aromatic rings. The lowest BCUT2D eigenvalue weighted by atomic mass is 10.0. The largest absolute Gasteiger partial charge is 0.339 e. The first-order valence-corrected chi connectivity index (χ1v) is 18.9. The summed E-state index contributed by atoms with van der Waals surface area (Å²) in [5, 5.41) is 12.6. The topological polar surface area (TPSA) is 164 Å². The van der Waals surface area contributed by atoms with Gasteiger partial charge in [-0.05, 0) is 48.6 Å². The van der Waals surface area contributed by atoms with Crippen LogP contribution in [0, 0.1) is 10.1 Å². The fourth-order valence-electron chi connectivity index (χ4n) is 5.43. The molecule has 0 unspecified atom stereocenters. The number of fused-ring (bicyclic) bond motifs is 1. The summed E-state index contributed by atoms with van der Waals surface area (Å²) in [6.07, 6.45) is 12.8. The maximum absolute atomic E-state index is 13.8. The number of nitrogens with zero attached hydrogens (tertiary/aromatic N) is 2. The molecule has 3 rings (SSSR count). The van der Waals surface area contributed by atoms with Crippen LogP contribution in [0.3, 0.4) is 0 Å². The molecule has 1 amide bonds. The Labute approximate surface area is 272 Å². The Morgan fingerprint density at radius 3 is 1.89 bits per heavy atom. The van der Waals surface area contributed by atoms with Crippen molar-refractivity contribution in [1.82, 2.24) is 4.90 Å². The third-order valence-corrected chi connectivity index (χ3v) is 10.1. The lowest BCUT2D eigenvalue weighted by Gasteiger charge is -2.23. The van der Waals surface area contributed by atoms with E-state index in [9.17, 15) is 36.3 Å². The van der Waals surface area contributed by atoms with E-state index >= 15 is 0 Å². The van der Waals surface area contributed by atoms with Gasteiger partial charge in [0.2, 0.25) is 0 Å². The molecular weight excluding hydrogens is 631 g/mol. The molecule has 0 fully saturated rings. The van der Waals surface area contributed by atoms with Gasteiger partial charge in [0.25, 0.3) is 31.7 Å². The van der Waals surface area contributed by atoms with Gasteiger partial charge < -0.3 is 4.90 Å². The molecule has 46 heavy (non-hydrogen) atoms. The van der Waals surface area contributed by atoms with E-state index in [0.29, 0.717) is 18.5 Å². The fourth-order valence-corrected chi connectivity index (χ4v) is 7.14. The third-order valence-electron chi connectivity index (χ3n) is 7.91. The molecular formula is C33H45N3O8S2. The maximum atomic E-state index is 13.8. The molecule has 0 bridgehead atoms. The van der Waals surface area contributed by atoms with Crippen LogP contribution in [0.15, 0.2) is 64.4 Å². The molecule has 11 nitrogen and oxygen atoms in total. The maximum Gasteiger partial charge on any atom is 0.294 e. The number of unbranched alkanes of at least 4 members (excludes halogenated alkanes) is 10. The van der Waals surface area contributed by atoms with E-state index in [1.165, 1.54) is 37.1 Å². The summed E-state index contributed by atoms with van der Waals surface area (Å²) in [5.74, 6) is -0.305. The molecule has 3 aromatic carbocycles. The van der Waals surface area contributed by atoms with Gasteiger partial charge in [0.1, 0.15) is 0 Å². The van der Waals surface area contributed by atoms with Crippen molar-refractivity contribution in [2.75, 3.05) is 17.8 Å². The minimum atomic E-state index is -4.67. The number of sulfonamides is 1. The van der Waals surface area contributed by atoms with Crippen molar-refractivity contribution in [3.05, 3.63) is 70.3 Å². The van der Waals surface area contributed by atoms with E-state index in [1.54, 1.807) is 11.0 Å². The van der Waals surface area contributed by atoms with Crippen LogP contribution in [0.5, 0.6) is 0 Å². The van der Waals surface area contributed by atoms with Crippen LogP contribution in [0.25, 0.3) is 10.8 Å². The molecule has 0 aliphatic carbocycles. The first kappa shape index (κ1) is 36.9. The lowest BCUT2D eigenvalue weighted by molar-refractivity contribution is -0.383. The van der Waals surface area contributed by atoms with E-state index in [2.05, 4.69) is 18.6 Å². The number of nitrogens with one attached hydrogen (secondary N) is 1. The Morgan fingerprint density at radius 1 is 0.783 bits per heavy atom. The summed E-state index contributed by atoms with van der Waals surface area (Å²) in [4.78, 5) is 26.2. The van der Waals surface area contributed by atoms with Gasteiger partial charge in [-0.2, -0.15) is 8.42 Å². The number of anilines is 1. The Balaban J connectivity index is 1.93. The van der Waals surface area contributed by atoms with Gasteiger partial charge in [-0.25, -0.2) is 8.42 Å². The van der Waals surface area contributed by atoms with Crippen LogP contribution in [0.2, 0.25) is 0 Å². The van der Waals surface area contributed by atoms with Gasteiger partial charge in [-0.3, -0.25) is 24.2 Å². The van der Waals surface area contributed by atoms with Gasteiger partial charge in [-0.15, -0.1) is 0 Å². The zero-order valence-corrected chi connectivity index (χ0v) is 28.2. The standard InChI is InChI=1S/C33H45N3O8S2/c1-3-5-7-9-11-13-21-35(22-14-12-10-8-6-4-2)33(37)27-23-26-17-15-20-30(32(26)31(24-27)36(38)39)34-45(40,41)28-18-16-19-29(25-28)46(42,43)44/h15-20,23-25,34H,3-14,21-22H2,1-2H3,(H,42,43,44). The van der Waals surface area contributed by atoms with Crippen LogP contribution < -0.4 is 4.72 Å². The van der Waals surface area contributed by atoms with Crippen molar-refractivity contribution in [3.63, 3.8) is 0 Å². The number of nitro benzene ring substituents is 1. The van der Waals surface area contributed by atoms with Crippen molar-refractivity contribution >= 4 is 48.2 Å². The Bertz CT molecular complexity index is 1690. The molecule has 13 heteroatoms. The molecule has 0 spiro atoms. The highest BCUT2D eigenvalue weighted by Gasteiger charge is 2.25. The van der Waals surface area contributed by atoms with E-state index in [-0.39, 0.29) is 22.5 Å². The van der Waals surface area contributed by atoms with E-state index in [1.807, 2.05) is 0 Å². The van der Waals surface area contributed by atoms with Crippen LogP contribution in [0.1, 0.15) is 101 Å². The molecule has 0 aliphatic rings. The zero-order valence-electron chi connectivity index (χ0n) is 26.6. The second-order valence-corrected chi connectivity index (χ2v) is 14.6. The number of benzene rings is 3. The Morgan fingerprint density at radius 2 is 1.33 bits per heavy atom. The van der Waals surface area contributed by atoms with E-state index in [0.717, 1.165) is 88.5 Å². The number of carbonyl (C=O) groups excluding carboxylic acids is 1. The second kappa shape index (κ2) is 17.4. The van der Waals surface area contributed by atoms with Crippen molar-refractivity contribution in [2.24, 2.45) is 0 Å². The summed E-state index contributed by atoms with van der Waals surface area (Å²) in [6, 6.07) is 11.3. The zero-order chi connectivity index (χ0) is 33.7. The van der Waals surface area contributed by atoms with Crippen LogP contribution >= 0.6 is 0 Å². The van der Waals surface area contributed by atoms with Crippen molar-refractivity contribution in [2.45, 2.75) is 101 Å². The second-order valence-electron chi connectivity index (χ2n) is 11.5. The van der Waals surface area contributed by atoms with E-state index in [4.69, 9.17) is 0 Å². The average molecular weight is 676 g/mol. The molecule has 0 saturated carbocycles. The Kier molecular flexibility index (Phi) is 14.0.